The van der Waals surface area contributed by atoms with Crippen molar-refractivity contribution in [2.75, 3.05) is 0 Å². The first-order chi connectivity index (χ1) is 7.95. The molecule has 3 nitrogen and oxygen atoms in total. The summed E-state index contributed by atoms with van der Waals surface area (Å²) < 4.78 is 1.98. The number of isocyanates is 1. The van der Waals surface area contributed by atoms with Crippen LogP contribution >= 0.6 is 11.6 Å². The van der Waals surface area contributed by atoms with Gasteiger partial charge in [0.05, 0.1) is 5.54 Å². The maximum absolute atomic E-state index is 10.5. The highest BCUT2D eigenvalue weighted by molar-refractivity contribution is 6.31. The predicted octanol–water partition coefficient (Wildman–Crippen LogP) is 3.40. The van der Waals surface area contributed by atoms with E-state index in [2.05, 4.69) is 4.99 Å². The first-order valence-electron chi connectivity index (χ1n) is 5.30. The second kappa shape index (κ2) is 4.02. The molecule has 88 valence electrons. The van der Waals surface area contributed by atoms with E-state index >= 15 is 0 Å². The zero-order valence-corrected chi connectivity index (χ0v) is 10.7. The molecule has 2 aromatic rings. The van der Waals surface area contributed by atoms with E-state index in [1.54, 1.807) is 6.08 Å². The monoisotopic (exact) mass is 248 g/mol. The molecule has 0 spiro atoms. The molecule has 0 saturated carbocycles. The Labute approximate surface area is 105 Å². The molecule has 0 amide bonds. The van der Waals surface area contributed by atoms with Gasteiger partial charge in [0.1, 0.15) is 0 Å². The largest absolute Gasteiger partial charge is 0.350 e. The van der Waals surface area contributed by atoms with Gasteiger partial charge in [0.15, 0.2) is 0 Å². The Bertz CT molecular complexity index is 622. The van der Waals surface area contributed by atoms with Crippen molar-refractivity contribution >= 4 is 28.6 Å². The molecule has 0 unspecified atom stereocenters. The summed E-state index contributed by atoms with van der Waals surface area (Å²) in [6.45, 7) is 3.78. The van der Waals surface area contributed by atoms with Crippen molar-refractivity contribution < 1.29 is 4.79 Å². The van der Waals surface area contributed by atoms with Crippen molar-refractivity contribution in [1.29, 1.82) is 0 Å². The minimum Gasteiger partial charge on any atom is -0.350 e. The Morgan fingerprint density at radius 3 is 2.76 bits per heavy atom. The number of nitrogens with zero attached hydrogens (tertiary/aromatic N) is 2. The number of hydrogen-bond acceptors (Lipinski definition) is 2. The Balaban J connectivity index is 2.76. The van der Waals surface area contributed by atoms with E-state index in [0.717, 1.165) is 16.5 Å². The summed E-state index contributed by atoms with van der Waals surface area (Å²) in [7, 11) is 1.95. The van der Waals surface area contributed by atoms with E-state index in [0.29, 0.717) is 5.02 Å². The zero-order chi connectivity index (χ0) is 12.6. The summed E-state index contributed by atoms with van der Waals surface area (Å²) in [5, 5.41) is 1.75. The minimum atomic E-state index is -0.574. The van der Waals surface area contributed by atoms with Gasteiger partial charge in [-0.1, -0.05) is 17.7 Å². The molecule has 17 heavy (non-hydrogen) atoms. The van der Waals surface area contributed by atoms with Crippen molar-refractivity contribution in [2.45, 2.75) is 19.4 Å². The van der Waals surface area contributed by atoms with Crippen molar-refractivity contribution in [3.05, 3.63) is 35.0 Å². The van der Waals surface area contributed by atoms with E-state index in [-0.39, 0.29) is 0 Å². The molecule has 0 aliphatic heterocycles. The minimum absolute atomic E-state index is 0.574. The molecule has 1 heterocycles. The molecule has 0 fully saturated rings. The van der Waals surface area contributed by atoms with E-state index in [4.69, 9.17) is 11.6 Å². The molecule has 0 atom stereocenters. The molecule has 0 N–H and O–H groups in total. The van der Waals surface area contributed by atoms with E-state index in [1.165, 1.54) is 0 Å². The molecule has 0 radical (unpaired) electrons. The number of hydrogen-bond donors (Lipinski definition) is 0. The topological polar surface area (TPSA) is 34.4 Å². The average Bonchev–Trinajstić information content (AvgIpc) is 2.57. The number of rotatable bonds is 2. The van der Waals surface area contributed by atoms with Crippen LogP contribution in [0.5, 0.6) is 0 Å². The Morgan fingerprint density at radius 2 is 2.12 bits per heavy atom. The predicted molar refractivity (Wildman–Crippen MR) is 69.1 cm³/mol. The van der Waals surface area contributed by atoms with Crippen LogP contribution in [0.4, 0.5) is 0 Å². The average molecular weight is 249 g/mol. The first kappa shape index (κ1) is 11.9. The highest BCUT2D eigenvalue weighted by atomic mass is 35.5. The van der Waals surface area contributed by atoms with Crippen LogP contribution in [0.15, 0.2) is 29.4 Å². The second-order valence-electron chi connectivity index (χ2n) is 4.58. The standard InChI is InChI=1S/C13H13ClN2O/c1-13(2,15-8-17)11-7-16(3)12-6-9(14)4-5-10(11)12/h4-7H,1-3H3. The third kappa shape index (κ3) is 1.99. The summed E-state index contributed by atoms with van der Waals surface area (Å²) in [6, 6.07) is 5.70. The Morgan fingerprint density at radius 1 is 1.41 bits per heavy atom. The molecule has 4 heteroatoms. The van der Waals surface area contributed by atoms with E-state index in [9.17, 15) is 4.79 Å². The van der Waals surface area contributed by atoms with Gasteiger partial charge in [-0.25, -0.2) is 4.79 Å². The fourth-order valence-corrected chi connectivity index (χ4v) is 2.19. The number of aryl methyl sites for hydroxylation is 1. The van der Waals surface area contributed by atoms with Crippen LogP contribution < -0.4 is 0 Å². The first-order valence-corrected chi connectivity index (χ1v) is 5.67. The van der Waals surface area contributed by atoms with E-state index < -0.39 is 5.54 Å². The van der Waals surface area contributed by atoms with Gasteiger partial charge in [-0.3, -0.25) is 0 Å². The van der Waals surface area contributed by atoms with Crippen LogP contribution in [0, 0.1) is 0 Å². The van der Waals surface area contributed by atoms with Crippen molar-refractivity contribution in [3.63, 3.8) is 0 Å². The van der Waals surface area contributed by atoms with Gasteiger partial charge in [0.25, 0.3) is 0 Å². The van der Waals surface area contributed by atoms with Crippen LogP contribution in [0.25, 0.3) is 10.9 Å². The maximum atomic E-state index is 10.5. The fourth-order valence-electron chi connectivity index (χ4n) is 2.02. The van der Waals surface area contributed by atoms with Crippen molar-refractivity contribution in [1.82, 2.24) is 4.57 Å². The zero-order valence-electron chi connectivity index (χ0n) is 9.99. The van der Waals surface area contributed by atoms with Crippen LogP contribution in [0.1, 0.15) is 19.4 Å². The molecule has 0 saturated heterocycles. The number of fused-ring (bicyclic) bond motifs is 1. The van der Waals surface area contributed by atoms with Crippen molar-refractivity contribution in [3.8, 4) is 0 Å². The smallest absolute Gasteiger partial charge is 0.235 e. The van der Waals surface area contributed by atoms with Gasteiger partial charge in [-0.15, -0.1) is 0 Å². The summed E-state index contributed by atoms with van der Waals surface area (Å²) in [5.74, 6) is 0. The Hall–Kier alpha value is -1.57. The number of aromatic nitrogens is 1. The van der Waals surface area contributed by atoms with Crippen LogP contribution in [0.2, 0.25) is 5.02 Å². The van der Waals surface area contributed by atoms with Crippen LogP contribution in [0.3, 0.4) is 0 Å². The summed E-state index contributed by atoms with van der Waals surface area (Å²) in [4.78, 5) is 14.3. The lowest BCUT2D eigenvalue weighted by molar-refractivity contribution is 0.524. The van der Waals surface area contributed by atoms with Gasteiger partial charge >= 0.3 is 0 Å². The quantitative estimate of drug-likeness (QED) is 0.592. The third-order valence-corrected chi connectivity index (χ3v) is 3.17. The molecule has 1 aromatic carbocycles. The maximum Gasteiger partial charge on any atom is 0.235 e. The van der Waals surface area contributed by atoms with Gasteiger partial charge < -0.3 is 4.57 Å². The summed E-state index contributed by atoms with van der Waals surface area (Å²) >= 11 is 5.98. The van der Waals surface area contributed by atoms with Crippen LogP contribution in [-0.2, 0) is 17.4 Å². The number of halogens is 1. The SMILES string of the molecule is Cn1cc(C(C)(C)N=C=O)c2ccc(Cl)cc21. The third-order valence-electron chi connectivity index (χ3n) is 2.94. The number of carbonyl (C=O) groups excluding carboxylic acids is 1. The molecule has 0 aliphatic carbocycles. The van der Waals surface area contributed by atoms with E-state index in [1.807, 2.05) is 49.9 Å². The number of benzene rings is 1. The van der Waals surface area contributed by atoms with Crippen molar-refractivity contribution in [2.24, 2.45) is 12.0 Å². The second-order valence-corrected chi connectivity index (χ2v) is 5.01. The van der Waals surface area contributed by atoms with Gasteiger partial charge in [-0.05, 0) is 26.0 Å². The molecular weight excluding hydrogens is 236 g/mol. The lowest BCUT2D eigenvalue weighted by atomic mass is 9.95. The fraction of sp³-hybridized carbons (Fsp3) is 0.308. The lowest BCUT2D eigenvalue weighted by Gasteiger charge is -2.16. The highest BCUT2D eigenvalue weighted by Gasteiger charge is 2.24. The normalized spacial score (nSPS) is 11.5. The molecular formula is C13H13ClN2O. The molecule has 0 aliphatic rings. The number of aliphatic imine (C=N–C) groups is 1. The molecule has 0 bridgehead atoms. The summed E-state index contributed by atoms with van der Waals surface area (Å²) in [6.07, 6.45) is 3.61. The van der Waals surface area contributed by atoms with Gasteiger partial charge in [-0.2, -0.15) is 4.99 Å². The van der Waals surface area contributed by atoms with Crippen LogP contribution in [-0.4, -0.2) is 10.6 Å². The molecule has 1 aromatic heterocycles. The summed E-state index contributed by atoms with van der Waals surface area (Å²) in [5.41, 5.74) is 1.45. The molecule has 2 rings (SSSR count). The highest BCUT2D eigenvalue weighted by Crippen LogP contribution is 2.33. The lowest BCUT2D eigenvalue weighted by Crippen LogP contribution is -2.12. The van der Waals surface area contributed by atoms with Gasteiger partial charge in [0.2, 0.25) is 6.08 Å². The van der Waals surface area contributed by atoms with Gasteiger partial charge in [0, 0.05) is 34.7 Å². The Kier molecular flexibility index (Phi) is 2.82.